The lowest BCUT2D eigenvalue weighted by Gasteiger charge is -2.55. The third kappa shape index (κ3) is 13.9. The molecule has 57 heavy (non-hydrogen) atoms. The Morgan fingerprint density at radius 2 is 1.51 bits per heavy atom. The normalized spacial score (nSPS) is 30.5. The number of ether oxygens (including phenoxy) is 2. The van der Waals surface area contributed by atoms with Crippen LogP contribution in [0.15, 0.2) is 0 Å². The molecule has 326 valence electrons. The molecule has 4 rings (SSSR count). The van der Waals surface area contributed by atoms with Crippen LogP contribution in [0.4, 0.5) is 0 Å². The zero-order valence-corrected chi connectivity index (χ0v) is 35.4. The van der Waals surface area contributed by atoms with Gasteiger partial charge in [0.05, 0.1) is 25.2 Å². The van der Waals surface area contributed by atoms with Gasteiger partial charge in [-0.15, -0.1) is 0 Å². The topological polar surface area (TPSA) is 219 Å². The molecule has 0 radical (unpaired) electrons. The number of amides is 5. The van der Waals surface area contributed by atoms with Gasteiger partial charge in [-0.3, -0.25) is 24.0 Å². The molecule has 7 atom stereocenters. The first-order valence-corrected chi connectivity index (χ1v) is 22.2. The van der Waals surface area contributed by atoms with Gasteiger partial charge in [0.25, 0.3) is 0 Å². The molecule has 0 aromatic heterocycles. The summed E-state index contributed by atoms with van der Waals surface area (Å²) in [6.45, 7) is 7.99. The maximum absolute atomic E-state index is 14.3. The van der Waals surface area contributed by atoms with E-state index in [1.807, 2.05) is 20.8 Å². The molecular formula is C42H76N8O7. The molecule has 4 fully saturated rings. The summed E-state index contributed by atoms with van der Waals surface area (Å²) in [6.07, 6.45) is 14.4. The number of carbonyl (C=O) groups is 5. The molecule has 9 N–H and O–H groups in total. The molecule has 0 aromatic carbocycles. The maximum atomic E-state index is 14.3. The number of nitrogens with two attached hydrogens (primary N) is 2. The fourth-order valence-corrected chi connectivity index (χ4v) is 9.31. The Hall–Kier alpha value is -2.85. The molecule has 0 unspecified atom stereocenters. The minimum atomic E-state index is -1.17. The molecule has 3 saturated carbocycles. The van der Waals surface area contributed by atoms with E-state index in [9.17, 15) is 24.0 Å². The second-order valence-corrected chi connectivity index (χ2v) is 17.6. The monoisotopic (exact) mass is 805 g/mol. The first-order chi connectivity index (χ1) is 27.4. The number of nitrogens with one attached hydrogen (secondary N) is 5. The lowest BCUT2D eigenvalue weighted by molar-refractivity contribution is -0.148. The number of hydrogen-bond acceptors (Lipinski definition) is 10. The average molecular weight is 805 g/mol. The minimum Gasteiger partial charge on any atom is -0.379 e. The highest BCUT2D eigenvalue weighted by atomic mass is 16.5. The zero-order chi connectivity index (χ0) is 41.4. The largest absolute Gasteiger partial charge is 0.379 e. The second kappa shape index (κ2) is 23.7. The Balaban J connectivity index is 1.60. The van der Waals surface area contributed by atoms with E-state index in [0.717, 1.165) is 70.9 Å². The third-order valence-corrected chi connectivity index (χ3v) is 12.9. The van der Waals surface area contributed by atoms with Gasteiger partial charge in [-0.05, 0) is 108 Å². The van der Waals surface area contributed by atoms with Crippen LogP contribution in [0.25, 0.3) is 0 Å². The molecule has 0 bridgehead atoms. The Morgan fingerprint density at radius 1 is 0.842 bits per heavy atom. The van der Waals surface area contributed by atoms with E-state index in [1.54, 1.807) is 7.05 Å². The van der Waals surface area contributed by atoms with Gasteiger partial charge in [0.2, 0.25) is 29.5 Å². The fraction of sp³-hybridized carbons (Fsp3) is 0.881. The predicted molar refractivity (Wildman–Crippen MR) is 220 cm³/mol. The van der Waals surface area contributed by atoms with E-state index in [2.05, 4.69) is 26.6 Å². The van der Waals surface area contributed by atoms with Crippen LogP contribution < -0.4 is 38.1 Å². The smallest absolute Gasteiger partial charge is 0.245 e. The van der Waals surface area contributed by atoms with Crippen molar-refractivity contribution in [1.82, 2.24) is 31.5 Å². The number of likely N-dealkylation sites (N-methyl/N-ethyl adjacent to an activating group) is 1. The van der Waals surface area contributed by atoms with Crippen LogP contribution in [0.3, 0.4) is 0 Å². The van der Waals surface area contributed by atoms with Gasteiger partial charge < -0.3 is 52.4 Å². The summed E-state index contributed by atoms with van der Waals surface area (Å²) in [6, 6.07) is -4.45. The van der Waals surface area contributed by atoms with E-state index in [4.69, 9.17) is 20.9 Å². The molecule has 15 nitrogen and oxygen atoms in total. The molecule has 0 aromatic rings. The van der Waals surface area contributed by atoms with Gasteiger partial charge in [0, 0.05) is 26.2 Å². The van der Waals surface area contributed by atoms with Gasteiger partial charge in [0.15, 0.2) is 0 Å². The van der Waals surface area contributed by atoms with Crippen molar-refractivity contribution in [3.63, 3.8) is 0 Å². The first kappa shape index (κ1) is 46.8. The lowest BCUT2D eigenvalue weighted by Crippen LogP contribution is -2.62. The van der Waals surface area contributed by atoms with Crippen molar-refractivity contribution < 1.29 is 33.4 Å². The second-order valence-electron chi connectivity index (χ2n) is 17.6. The molecule has 4 aliphatic rings. The Morgan fingerprint density at radius 3 is 2.14 bits per heavy atom. The van der Waals surface area contributed by atoms with Crippen molar-refractivity contribution in [1.29, 1.82) is 0 Å². The van der Waals surface area contributed by atoms with Gasteiger partial charge in [-0.25, -0.2) is 0 Å². The summed E-state index contributed by atoms with van der Waals surface area (Å²) in [7, 11) is 1.67. The molecule has 1 heterocycles. The summed E-state index contributed by atoms with van der Waals surface area (Å²) < 4.78 is 12.4. The highest BCUT2D eigenvalue weighted by Gasteiger charge is 2.49. The zero-order valence-electron chi connectivity index (χ0n) is 35.4. The van der Waals surface area contributed by atoms with Gasteiger partial charge in [-0.1, -0.05) is 52.4 Å². The maximum Gasteiger partial charge on any atom is 0.245 e. The summed E-state index contributed by atoms with van der Waals surface area (Å²) in [5.74, 6) is -2.46. The van der Waals surface area contributed by atoms with Crippen LogP contribution in [-0.2, 0) is 33.4 Å². The number of carbonyl (C=O) groups excluding carboxylic acids is 5. The van der Waals surface area contributed by atoms with Gasteiger partial charge >= 0.3 is 0 Å². The van der Waals surface area contributed by atoms with Crippen molar-refractivity contribution >= 4 is 29.5 Å². The Labute approximate surface area is 341 Å². The van der Waals surface area contributed by atoms with E-state index >= 15 is 0 Å². The summed E-state index contributed by atoms with van der Waals surface area (Å²) in [4.78, 5) is 71.9. The fourth-order valence-electron chi connectivity index (χ4n) is 9.31. The van der Waals surface area contributed by atoms with Gasteiger partial charge in [0.1, 0.15) is 24.2 Å². The standard InChI is InChI=1S/C42H76N8O7/c1-5-13-34-39(53)49-36(31-14-8-6-7-9-15-31)40(54)47-32(25-44)37(51)48-33(27-56-21-12-20-45-19-11-18-43)38(52)46-28(2)26-57-35(29(3)41(55)50(34)4)22-30-23-42(24-30)16-10-17-42/h28-36,45H,5-27,43-44H2,1-4H3,(H,46,52)(H,47,54)(H,48,51)(H,49,53)/t28-,29+,32-,33-,34-,35+,36-/m0/s1. The first-order valence-electron chi connectivity index (χ1n) is 22.2. The number of nitrogens with zero attached hydrogens (tertiary/aromatic N) is 1. The number of hydrogen-bond donors (Lipinski definition) is 7. The molecular weight excluding hydrogens is 729 g/mol. The molecule has 1 aliphatic heterocycles. The predicted octanol–water partition coefficient (Wildman–Crippen LogP) is 1.85. The van der Waals surface area contributed by atoms with Crippen LogP contribution >= 0.6 is 0 Å². The Bertz CT molecular complexity index is 1280. The molecule has 1 saturated heterocycles. The summed E-state index contributed by atoms with van der Waals surface area (Å²) in [5.41, 5.74) is 12.1. The average Bonchev–Trinajstić information content (AvgIpc) is 3.45. The van der Waals surface area contributed by atoms with E-state index < -0.39 is 65.9 Å². The van der Waals surface area contributed by atoms with Crippen molar-refractivity contribution in [3.8, 4) is 0 Å². The van der Waals surface area contributed by atoms with Gasteiger partial charge in [-0.2, -0.15) is 0 Å². The van der Waals surface area contributed by atoms with Crippen LogP contribution in [0.5, 0.6) is 0 Å². The SMILES string of the molecule is CCC[C@H]1C(=O)N[C@@H](C2CCCCCC2)C(=O)N[C@@H](CN)C(=O)N[C@@H](COCCCNCCCN)C(=O)N[C@@H](C)CO[C@H](CC2CC3(CCC3)C2)[C@@H](C)C(=O)N1C. The Kier molecular flexibility index (Phi) is 19.4. The molecule has 1 spiro atoms. The summed E-state index contributed by atoms with van der Waals surface area (Å²) >= 11 is 0. The molecule has 3 aliphatic carbocycles. The van der Waals surface area contributed by atoms with E-state index in [-0.39, 0.29) is 31.6 Å². The van der Waals surface area contributed by atoms with Crippen molar-refractivity contribution in [2.45, 2.75) is 160 Å². The van der Waals surface area contributed by atoms with Crippen LogP contribution in [0, 0.1) is 23.2 Å². The third-order valence-electron chi connectivity index (χ3n) is 12.9. The minimum absolute atomic E-state index is 0.0946. The van der Waals surface area contributed by atoms with Crippen LogP contribution in [-0.4, -0.2) is 124 Å². The lowest BCUT2D eigenvalue weighted by atomic mass is 9.51. The molecule has 5 amide bonds. The quantitative estimate of drug-likeness (QED) is 0.0942. The van der Waals surface area contributed by atoms with Crippen molar-refractivity contribution in [2.24, 2.45) is 34.6 Å². The number of rotatable bonds is 15. The van der Waals surface area contributed by atoms with E-state index in [1.165, 1.54) is 24.2 Å². The van der Waals surface area contributed by atoms with Crippen LogP contribution in [0.2, 0.25) is 0 Å². The molecule has 15 heteroatoms. The van der Waals surface area contributed by atoms with E-state index in [0.29, 0.717) is 50.2 Å². The highest BCUT2D eigenvalue weighted by Crippen LogP contribution is 2.60. The van der Waals surface area contributed by atoms with Crippen molar-refractivity contribution in [3.05, 3.63) is 0 Å². The van der Waals surface area contributed by atoms with Crippen LogP contribution in [0.1, 0.15) is 124 Å². The highest BCUT2D eigenvalue weighted by molar-refractivity contribution is 5.96. The van der Waals surface area contributed by atoms with Crippen molar-refractivity contribution in [2.75, 3.05) is 53.0 Å². The summed E-state index contributed by atoms with van der Waals surface area (Å²) in [5, 5.41) is 14.9.